The quantitative estimate of drug-likeness (QED) is 0.747. The first-order chi connectivity index (χ1) is 14.1. The molecule has 0 saturated heterocycles. The van der Waals surface area contributed by atoms with Crippen LogP contribution in [0.25, 0.3) is 0 Å². The number of amides is 1. The van der Waals surface area contributed by atoms with Crippen LogP contribution in [0.2, 0.25) is 0 Å². The Labute approximate surface area is 171 Å². The summed E-state index contributed by atoms with van der Waals surface area (Å²) in [6.45, 7) is 0. The molecule has 6 nitrogen and oxygen atoms in total. The summed E-state index contributed by atoms with van der Waals surface area (Å²) in [4.78, 5) is 19.2. The van der Waals surface area contributed by atoms with E-state index in [1.165, 1.54) is 24.1 Å². The van der Waals surface area contributed by atoms with Crippen molar-refractivity contribution < 1.29 is 31.8 Å². The number of aliphatic imine (C=N–C) groups is 1. The fourth-order valence-electron chi connectivity index (χ4n) is 5.17. The molecule has 3 aliphatic rings. The van der Waals surface area contributed by atoms with Crippen LogP contribution < -0.4 is 10.5 Å². The molecular weight excluding hydrogens is 406 g/mol. The van der Waals surface area contributed by atoms with E-state index < -0.39 is 29.2 Å². The first kappa shape index (κ1) is 20.9. The summed E-state index contributed by atoms with van der Waals surface area (Å²) in [7, 11) is 3.15. The summed E-state index contributed by atoms with van der Waals surface area (Å²) < 4.78 is 61.9. The minimum atomic E-state index is -4.65. The number of benzene rings is 1. The SMILES string of the molecule is COC1CCC2(CC1)Cc1ccc(OC(F)(F)C(F)F)cc1C21N=C(N)N(C)C1=O. The molecule has 1 heterocycles. The third kappa shape index (κ3) is 2.79. The molecule has 0 aromatic heterocycles. The molecule has 10 heteroatoms. The van der Waals surface area contributed by atoms with E-state index in [9.17, 15) is 22.4 Å². The maximum absolute atomic E-state index is 13.5. The van der Waals surface area contributed by atoms with Gasteiger partial charge in [-0.2, -0.15) is 17.6 Å². The molecule has 0 radical (unpaired) electrons. The molecule has 4 rings (SSSR count). The highest BCUT2D eigenvalue weighted by molar-refractivity contribution is 6.08. The molecule has 2 N–H and O–H groups in total. The number of likely N-dealkylation sites (N-methyl/N-ethyl adjacent to an activating group) is 1. The number of hydrogen-bond acceptors (Lipinski definition) is 5. The van der Waals surface area contributed by atoms with Gasteiger partial charge in [0.1, 0.15) is 5.75 Å². The number of ether oxygens (including phenoxy) is 2. The number of nitrogens with zero attached hydrogens (tertiary/aromatic N) is 2. The van der Waals surface area contributed by atoms with Gasteiger partial charge in [-0.05, 0) is 55.4 Å². The van der Waals surface area contributed by atoms with Gasteiger partial charge in [-0.25, -0.2) is 4.99 Å². The van der Waals surface area contributed by atoms with Crippen LogP contribution >= 0.6 is 0 Å². The van der Waals surface area contributed by atoms with Crippen molar-refractivity contribution in [2.24, 2.45) is 16.1 Å². The Morgan fingerprint density at radius 1 is 1.30 bits per heavy atom. The summed E-state index contributed by atoms with van der Waals surface area (Å²) in [5.74, 6) is -0.769. The zero-order valence-electron chi connectivity index (χ0n) is 16.6. The van der Waals surface area contributed by atoms with E-state index in [1.807, 2.05) is 0 Å². The molecule has 1 aromatic carbocycles. The fourth-order valence-corrected chi connectivity index (χ4v) is 5.17. The average molecular weight is 429 g/mol. The van der Waals surface area contributed by atoms with Crippen molar-refractivity contribution in [1.29, 1.82) is 0 Å². The highest BCUT2D eigenvalue weighted by Gasteiger charge is 2.66. The molecule has 1 amide bonds. The Bertz CT molecular complexity index is 899. The molecule has 2 spiro atoms. The van der Waals surface area contributed by atoms with E-state index in [0.29, 0.717) is 37.7 Å². The Morgan fingerprint density at radius 2 is 1.97 bits per heavy atom. The van der Waals surface area contributed by atoms with E-state index >= 15 is 0 Å². The molecule has 164 valence electrons. The first-order valence-electron chi connectivity index (χ1n) is 9.71. The molecule has 0 bridgehead atoms. The van der Waals surface area contributed by atoms with Gasteiger partial charge in [0, 0.05) is 19.6 Å². The van der Waals surface area contributed by atoms with Crippen LogP contribution in [0.5, 0.6) is 5.75 Å². The lowest BCUT2D eigenvalue weighted by molar-refractivity contribution is -0.253. The predicted molar refractivity (Wildman–Crippen MR) is 99.5 cm³/mol. The van der Waals surface area contributed by atoms with E-state index in [-0.39, 0.29) is 18.0 Å². The van der Waals surface area contributed by atoms with Crippen molar-refractivity contribution in [3.05, 3.63) is 29.3 Å². The lowest BCUT2D eigenvalue weighted by atomic mass is 9.61. The Kier molecular flexibility index (Phi) is 4.76. The Balaban J connectivity index is 1.81. The summed E-state index contributed by atoms with van der Waals surface area (Å²) in [6, 6.07) is 4.00. The van der Waals surface area contributed by atoms with Gasteiger partial charge in [0.05, 0.1) is 6.10 Å². The lowest BCUT2D eigenvalue weighted by Gasteiger charge is -2.45. The number of halogens is 4. The number of hydrogen-bond donors (Lipinski definition) is 1. The average Bonchev–Trinajstić information content (AvgIpc) is 3.09. The van der Waals surface area contributed by atoms with E-state index in [0.717, 1.165) is 5.56 Å². The number of nitrogens with two attached hydrogens (primary N) is 1. The number of carbonyl (C=O) groups excluding carboxylic acids is 1. The minimum Gasteiger partial charge on any atom is -0.428 e. The lowest BCUT2D eigenvalue weighted by Crippen LogP contribution is -2.51. The number of rotatable bonds is 4. The summed E-state index contributed by atoms with van der Waals surface area (Å²) in [5.41, 5.74) is 5.13. The van der Waals surface area contributed by atoms with Gasteiger partial charge in [-0.3, -0.25) is 9.69 Å². The molecule has 1 unspecified atom stereocenters. The monoisotopic (exact) mass is 429 g/mol. The van der Waals surface area contributed by atoms with Crippen LogP contribution in [0, 0.1) is 5.41 Å². The number of guanidine groups is 1. The van der Waals surface area contributed by atoms with Crippen molar-refractivity contribution in [3.8, 4) is 5.75 Å². The number of alkyl halides is 4. The highest BCUT2D eigenvalue weighted by Crippen LogP contribution is 2.62. The molecule has 1 saturated carbocycles. The molecule has 1 fully saturated rings. The molecule has 1 aliphatic heterocycles. The smallest absolute Gasteiger partial charge is 0.428 e. The largest absolute Gasteiger partial charge is 0.461 e. The van der Waals surface area contributed by atoms with Crippen molar-refractivity contribution in [2.75, 3.05) is 14.2 Å². The second-order valence-corrected chi connectivity index (χ2v) is 8.22. The van der Waals surface area contributed by atoms with Gasteiger partial charge in [-0.15, -0.1) is 0 Å². The maximum atomic E-state index is 13.5. The van der Waals surface area contributed by atoms with Gasteiger partial charge < -0.3 is 15.2 Å². The van der Waals surface area contributed by atoms with Gasteiger partial charge in [0.25, 0.3) is 5.91 Å². The highest BCUT2D eigenvalue weighted by atomic mass is 19.3. The summed E-state index contributed by atoms with van der Waals surface area (Å²) in [5, 5.41) is 0. The zero-order valence-corrected chi connectivity index (χ0v) is 16.6. The van der Waals surface area contributed by atoms with Crippen molar-refractivity contribution in [2.45, 2.75) is 56.3 Å². The van der Waals surface area contributed by atoms with Gasteiger partial charge in [-0.1, -0.05) is 6.07 Å². The van der Waals surface area contributed by atoms with Crippen molar-refractivity contribution in [1.82, 2.24) is 4.90 Å². The van der Waals surface area contributed by atoms with E-state index in [2.05, 4.69) is 9.73 Å². The third-order valence-electron chi connectivity index (χ3n) is 6.74. The van der Waals surface area contributed by atoms with Crippen LogP contribution in [0.1, 0.15) is 36.8 Å². The van der Waals surface area contributed by atoms with Gasteiger partial charge in [0.2, 0.25) is 0 Å². The molecule has 1 atom stereocenters. The van der Waals surface area contributed by atoms with Gasteiger partial charge in [0.15, 0.2) is 11.5 Å². The van der Waals surface area contributed by atoms with Crippen LogP contribution in [-0.2, 0) is 21.5 Å². The fraction of sp³-hybridized carbons (Fsp3) is 0.600. The van der Waals surface area contributed by atoms with E-state index in [1.54, 1.807) is 13.2 Å². The predicted octanol–water partition coefficient (Wildman–Crippen LogP) is 3.04. The van der Waals surface area contributed by atoms with E-state index in [4.69, 9.17) is 10.5 Å². The van der Waals surface area contributed by atoms with Crippen molar-refractivity contribution in [3.63, 3.8) is 0 Å². The normalized spacial score (nSPS) is 31.0. The minimum absolute atomic E-state index is 0.0327. The standard InChI is InChI=1S/C20H23F4N3O3/c1-27-16(28)19(26-17(27)25)14-9-13(30-20(23,24)15(21)22)4-3-11(14)10-18(19)7-5-12(29-2)6-8-18/h3-4,9,12,15H,5-8,10H2,1-2H3,(H2,25,26). The van der Waals surface area contributed by atoms with Crippen LogP contribution in [-0.4, -0.2) is 49.6 Å². The molecule has 1 aromatic rings. The Hall–Kier alpha value is -2.36. The Morgan fingerprint density at radius 3 is 2.50 bits per heavy atom. The second kappa shape index (κ2) is 6.83. The zero-order chi connectivity index (χ0) is 21.9. The van der Waals surface area contributed by atoms with Crippen LogP contribution in [0.4, 0.5) is 17.6 Å². The van der Waals surface area contributed by atoms with Gasteiger partial charge >= 0.3 is 12.5 Å². The third-order valence-corrected chi connectivity index (χ3v) is 6.74. The van der Waals surface area contributed by atoms with Crippen LogP contribution in [0.15, 0.2) is 23.2 Å². The number of fused-ring (bicyclic) bond motifs is 3. The molecule has 30 heavy (non-hydrogen) atoms. The maximum Gasteiger partial charge on any atom is 0.461 e. The molecule has 2 aliphatic carbocycles. The number of carbonyl (C=O) groups is 1. The summed E-state index contributed by atoms with van der Waals surface area (Å²) >= 11 is 0. The topological polar surface area (TPSA) is 77.2 Å². The van der Waals surface area contributed by atoms with Crippen LogP contribution in [0.3, 0.4) is 0 Å². The molecular formula is C20H23F4N3O3. The summed E-state index contributed by atoms with van der Waals surface area (Å²) in [6.07, 6.45) is -5.39. The van der Waals surface area contributed by atoms with Crippen molar-refractivity contribution >= 4 is 11.9 Å². The number of methoxy groups -OCH3 is 1. The second-order valence-electron chi connectivity index (χ2n) is 8.22. The first-order valence-corrected chi connectivity index (χ1v) is 9.71.